The van der Waals surface area contributed by atoms with E-state index in [0.29, 0.717) is 12.0 Å². The molecule has 2 rings (SSSR count). The summed E-state index contributed by atoms with van der Waals surface area (Å²) in [5.74, 6) is 1.10. The van der Waals surface area contributed by atoms with Gasteiger partial charge in [0.25, 0.3) is 0 Å². The molecule has 1 nitrogen and oxygen atoms in total. The lowest BCUT2D eigenvalue weighted by Gasteiger charge is -2.19. The first-order valence-electron chi connectivity index (χ1n) is 5.94. The van der Waals surface area contributed by atoms with Crippen LogP contribution in [0.15, 0.2) is 22.7 Å². The Morgan fingerprint density at radius 1 is 1.41 bits per heavy atom. The number of halogens is 3. The highest BCUT2D eigenvalue weighted by Crippen LogP contribution is 2.27. The van der Waals surface area contributed by atoms with Crippen molar-refractivity contribution < 1.29 is 4.39 Å². The van der Waals surface area contributed by atoms with E-state index in [9.17, 15) is 4.39 Å². The Morgan fingerprint density at radius 3 is 2.94 bits per heavy atom. The number of nitrogens with one attached hydrogen (secondary N) is 1. The third-order valence-electron chi connectivity index (χ3n) is 3.43. The van der Waals surface area contributed by atoms with Gasteiger partial charge in [-0.1, -0.05) is 28.4 Å². The van der Waals surface area contributed by atoms with E-state index in [4.69, 9.17) is 11.6 Å². The number of benzene rings is 1. The van der Waals surface area contributed by atoms with E-state index in [-0.39, 0.29) is 5.82 Å². The lowest BCUT2D eigenvalue weighted by Crippen LogP contribution is -2.32. The lowest BCUT2D eigenvalue weighted by molar-refractivity contribution is 0.429. The molecule has 1 saturated carbocycles. The lowest BCUT2D eigenvalue weighted by atomic mass is 10.1. The standard InChI is InChI=1S/C13H16BrClFN/c14-12-6-11(16)5-4-10(12)8-17-13-3-1-2-9(13)7-15/h4-6,9,13,17H,1-3,7-8H2. The van der Waals surface area contributed by atoms with Crippen LogP contribution in [0.3, 0.4) is 0 Å². The minimum atomic E-state index is -0.208. The van der Waals surface area contributed by atoms with E-state index in [1.807, 2.05) is 6.07 Å². The first-order chi connectivity index (χ1) is 8.20. The van der Waals surface area contributed by atoms with Gasteiger partial charge >= 0.3 is 0 Å². The normalized spacial score (nSPS) is 24.2. The van der Waals surface area contributed by atoms with Gasteiger partial charge in [-0.3, -0.25) is 0 Å². The third kappa shape index (κ3) is 3.43. The van der Waals surface area contributed by atoms with Gasteiger partial charge in [0.05, 0.1) is 0 Å². The van der Waals surface area contributed by atoms with Gasteiger partial charge in [-0.15, -0.1) is 11.6 Å². The Kier molecular flexibility index (Phi) is 4.83. The minimum absolute atomic E-state index is 0.208. The fraction of sp³-hybridized carbons (Fsp3) is 0.538. The third-order valence-corrected chi connectivity index (χ3v) is 4.56. The number of rotatable bonds is 4. The van der Waals surface area contributed by atoms with Gasteiger partial charge in [0, 0.05) is 22.9 Å². The number of hydrogen-bond acceptors (Lipinski definition) is 1. The van der Waals surface area contributed by atoms with E-state index in [1.54, 1.807) is 0 Å². The molecular formula is C13H16BrClFN. The Bertz CT molecular complexity index is 386. The van der Waals surface area contributed by atoms with Crippen LogP contribution in [-0.4, -0.2) is 11.9 Å². The van der Waals surface area contributed by atoms with Crippen LogP contribution in [-0.2, 0) is 6.54 Å². The summed E-state index contributed by atoms with van der Waals surface area (Å²) in [5, 5.41) is 3.52. The SMILES string of the molecule is Fc1ccc(CNC2CCCC2CCl)c(Br)c1. The second kappa shape index (κ2) is 6.17. The molecule has 1 aromatic rings. The Balaban J connectivity index is 1.93. The fourth-order valence-electron chi connectivity index (χ4n) is 2.40. The fourth-order valence-corrected chi connectivity index (χ4v) is 3.26. The molecule has 2 unspecified atom stereocenters. The maximum atomic E-state index is 12.9. The highest BCUT2D eigenvalue weighted by atomic mass is 79.9. The van der Waals surface area contributed by atoms with E-state index >= 15 is 0 Å². The molecule has 4 heteroatoms. The zero-order chi connectivity index (χ0) is 12.3. The first-order valence-corrected chi connectivity index (χ1v) is 7.26. The van der Waals surface area contributed by atoms with Crippen molar-refractivity contribution >= 4 is 27.5 Å². The van der Waals surface area contributed by atoms with Gasteiger partial charge in [0.2, 0.25) is 0 Å². The maximum Gasteiger partial charge on any atom is 0.124 e. The van der Waals surface area contributed by atoms with Gasteiger partial charge in [0.1, 0.15) is 5.82 Å². The summed E-state index contributed by atoms with van der Waals surface area (Å²) < 4.78 is 13.8. The van der Waals surface area contributed by atoms with Crippen molar-refractivity contribution in [1.29, 1.82) is 0 Å². The van der Waals surface area contributed by atoms with Gasteiger partial charge < -0.3 is 5.32 Å². The second-order valence-corrected chi connectivity index (χ2v) is 5.73. The van der Waals surface area contributed by atoms with E-state index in [0.717, 1.165) is 22.5 Å². The number of alkyl halides is 1. The molecule has 1 aliphatic rings. The molecular weight excluding hydrogens is 305 g/mol. The van der Waals surface area contributed by atoms with Crippen LogP contribution in [0.25, 0.3) is 0 Å². The smallest absolute Gasteiger partial charge is 0.124 e. The molecule has 0 aromatic heterocycles. The van der Waals surface area contributed by atoms with Gasteiger partial charge in [-0.2, -0.15) is 0 Å². The highest BCUT2D eigenvalue weighted by molar-refractivity contribution is 9.10. The largest absolute Gasteiger partial charge is 0.310 e. The van der Waals surface area contributed by atoms with Gasteiger partial charge in [0.15, 0.2) is 0 Å². The minimum Gasteiger partial charge on any atom is -0.310 e. The van der Waals surface area contributed by atoms with Crippen molar-refractivity contribution in [2.24, 2.45) is 5.92 Å². The molecule has 0 bridgehead atoms. The average molecular weight is 321 g/mol. The molecule has 0 radical (unpaired) electrons. The molecule has 0 amide bonds. The summed E-state index contributed by atoms with van der Waals surface area (Å²) in [6.45, 7) is 0.763. The Morgan fingerprint density at radius 2 is 2.24 bits per heavy atom. The molecule has 1 N–H and O–H groups in total. The van der Waals surface area contributed by atoms with Crippen molar-refractivity contribution in [2.75, 3.05) is 5.88 Å². The average Bonchev–Trinajstić information content (AvgIpc) is 2.75. The van der Waals surface area contributed by atoms with Crippen LogP contribution in [0, 0.1) is 11.7 Å². The van der Waals surface area contributed by atoms with Gasteiger partial charge in [-0.25, -0.2) is 4.39 Å². The second-order valence-electron chi connectivity index (χ2n) is 4.57. The topological polar surface area (TPSA) is 12.0 Å². The summed E-state index contributed by atoms with van der Waals surface area (Å²) in [5.41, 5.74) is 1.09. The predicted molar refractivity (Wildman–Crippen MR) is 72.8 cm³/mol. The molecule has 0 saturated heterocycles. The molecule has 17 heavy (non-hydrogen) atoms. The maximum absolute atomic E-state index is 12.9. The van der Waals surface area contributed by atoms with Crippen LogP contribution in [0.2, 0.25) is 0 Å². The van der Waals surface area contributed by atoms with Crippen LogP contribution in [0.5, 0.6) is 0 Å². The number of hydrogen-bond donors (Lipinski definition) is 1. The van der Waals surface area contributed by atoms with Crippen molar-refractivity contribution in [2.45, 2.75) is 31.8 Å². The molecule has 1 fully saturated rings. The van der Waals surface area contributed by atoms with Gasteiger partial charge in [-0.05, 0) is 36.5 Å². The zero-order valence-corrected chi connectivity index (χ0v) is 11.9. The molecule has 1 aromatic carbocycles. The highest BCUT2D eigenvalue weighted by Gasteiger charge is 2.25. The van der Waals surface area contributed by atoms with E-state index in [1.165, 1.54) is 31.4 Å². The first kappa shape index (κ1) is 13.3. The van der Waals surface area contributed by atoms with E-state index < -0.39 is 0 Å². The summed E-state index contributed by atoms with van der Waals surface area (Å²) in [6.07, 6.45) is 3.65. The van der Waals surface area contributed by atoms with Crippen LogP contribution >= 0.6 is 27.5 Å². The molecule has 94 valence electrons. The Labute approximate surface area is 115 Å². The summed E-state index contributed by atoms with van der Waals surface area (Å²) in [7, 11) is 0. The molecule has 0 spiro atoms. The van der Waals surface area contributed by atoms with Crippen LogP contribution in [0.4, 0.5) is 4.39 Å². The van der Waals surface area contributed by atoms with E-state index in [2.05, 4.69) is 21.2 Å². The predicted octanol–water partition coefficient (Wildman–Crippen LogP) is 4.09. The van der Waals surface area contributed by atoms with Crippen LogP contribution < -0.4 is 5.32 Å². The monoisotopic (exact) mass is 319 g/mol. The van der Waals surface area contributed by atoms with Crippen molar-refractivity contribution in [3.05, 3.63) is 34.1 Å². The van der Waals surface area contributed by atoms with Crippen molar-refractivity contribution in [3.8, 4) is 0 Å². The zero-order valence-electron chi connectivity index (χ0n) is 9.56. The van der Waals surface area contributed by atoms with Crippen molar-refractivity contribution in [1.82, 2.24) is 5.32 Å². The molecule has 0 aliphatic heterocycles. The molecule has 0 heterocycles. The summed E-state index contributed by atoms with van der Waals surface area (Å²) in [4.78, 5) is 0. The molecule has 2 atom stereocenters. The van der Waals surface area contributed by atoms with Crippen molar-refractivity contribution in [3.63, 3.8) is 0 Å². The summed E-state index contributed by atoms with van der Waals surface area (Å²) in [6, 6.07) is 5.32. The quantitative estimate of drug-likeness (QED) is 0.824. The van der Waals surface area contributed by atoms with Crippen LogP contribution in [0.1, 0.15) is 24.8 Å². The summed E-state index contributed by atoms with van der Waals surface area (Å²) >= 11 is 9.32. The Hall–Kier alpha value is -0.120. The molecule has 1 aliphatic carbocycles.